The van der Waals surface area contributed by atoms with E-state index in [-0.39, 0.29) is 5.54 Å². The molecule has 2 aliphatic heterocycles. The van der Waals surface area contributed by atoms with Crippen molar-refractivity contribution in [1.82, 2.24) is 4.90 Å². The van der Waals surface area contributed by atoms with Crippen LogP contribution in [0.25, 0.3) is 0 Å². The summed E-state index contributed by atoms with van der Waals surface area (Å²) in [5, 5.41) is 0. The highest BCUT2D eigenvalue weighted by molar-refractivity contribution is 5.73. The first-order valence-electron chi connectivity index (χ1n) is 5.58. The molecule has 84 valence electrons. The van der Waals surface area contributed by atoms with Crippen molar-refractivity contribution in [3.8, 4) is 0 Å². The number of hydrogen-bond acceptors (Lipinski definition) is 4. The van der Waals surface area contributed by atoms with Crippen molar-refractivity contribution in [2.75, 3.05) is 20.1 Å². The highest BCUT2D eigenvalue weighted by atomic mass is 15.1. The van der Waals surface area contributed by atoms with E-state index in [0.717, 1.165) is 32.4 Å². The number of nitrogens with zero attached hydrogens (tertiary/aromatic N) is 2. The van der Waals surface area contributed by atoms with E-state index in [9.17, 15) is 0 Å². The zero-order valence-electron chi connectivity index (χ0n) is 9.32. The Bertz CT molecular complexity index is 289. The maximum atomic E-state index is 6.37. The van der Waals surface area contributed by atoms with Crippen LogP contribution in [-0.4, -0.2) is 36.8 Å². The van der Waals surface area contributed by atoms with E-state index in [0.29, 0.717) is 11.7 Å². The number of hydrogen-bond donors (Lipinski definition) is 2. The van der Waals surface area contributed by atoms with Crippen LogP contribution in [0, 0.1) is 5.92 Å². The van der Waals surface area contributed by atoms with Crippen LogP contribution in [0.4, 0.5) is 0 Å². The Morgan fingerprint density at radius 1 is 1.47 bits per heavy atom. The average molecular weight is 208 g/mol. The summed E-state index contributed by atoms with van der Waals surface area (Å²) in [5.41, 5.74) is 11.7. The lowest BCUT2D eigenvalue weighted by molar-refractivity contribution is 0.181. The molecule has 1 saturated heterocycles. The number of likely N-dealkylation sites (tertiary alicyclic amines) is 1. The molecule has 0 aliphatic carbocycles. The molecule has 0 aromatic rings. The Morgan fingerprint density at radius 2 is 2.13 bits per heavy atom. The lowest BCUT2D eigenvalue weighted by atomic mass is 9.76. The average Bonchev–Trinajstić information content (AvgIpc) is 2.24. The Labute approximate surface area is 91.0 Å². The SMILES string of the molecule is CN1CCC(C2(N)C=NC(N)=CC2)CC1. The Hall–Kier alpha value is -0.870. The van der Waals surface area contributed by atoms with Crippen LogP contribution >= 0.6 is 0 Å². The first-order valence-corrected chi connectivity index (χ1v) is 5.58. The van der Waals surface area contributed by atoms with E-state index in [4.69, 9.17) is 11.5 Å². The molecular formula is C11H20N4. The highest BCUT2D eigenvalue weighted by Gasteiger charge is 2.35. The molecule has 0 aromatic carbocycles. The third-order valence-electron chi connectivity index (χ3n) is 3.60. The maximum absolute atomic E-state index is 6.37. The molecule has 0 spiro atoms. The molecule has 0 radical (unpaired) electrons. The summed E-state index contributed by atoms with van der Waals surface area (Å²) in [5.74, 6) is 1.14. The topological polar surface area (TPSA) is 67.6 Å². The van der Waals surface area contributed by atoms with Gasteiger partial charge in [0.1, 0.15) is 5.82 Å². The molecule has 0 bridgehead atoms. The number of aliphatic imine (C=N–C) groups is 1. The van der Waals surface area contributed by atoms with E-state index >= 15 is 0 Å². The van der Waals surface area contributed by atoms with Gasteiger partial charge in [0.05, 0.1) is 5.54 Å². The fourth-order valence-corrected chi connectivity index (χ4v) is 2.40. The van der Waals surface area contributed by atoms with Crippen molar-refractivity contribution in [2.45, 2.75) is 24.8 Å². The van der Waals surface area contributed by atoms with Gasteiger partial charge in [-0.15, -0.1) is 0 Å². The Morgan fingerprint density at radius 3 is 2.67 bits per heavy atom. The van der Waals surface area contributed by atoms with Gasteiger partial charge in [-0.1, -0.05) is 0 Å². The third-order valence-corrected chi connectivity index (χ3v) is 3.60. The van der Waals surface area contributed by atoms with Gasteiger partial charge < -0.3 is 16.4 Å². The van der Waals surface area contributed by atoms with Crippen LogP contribution in [0.5, 0.6) is 0 Å². The zero-order valence-corrected chi connectivity index (χ0v) is 9.32. The van der Waals surface area contributed by atoms with Crippen LogP contribution in [0.1, 0.15) is 19.3 Å². The smallest absolute Gasteiger partial charge is 0.118 e. The van der Waals surface area contributed by atoms with E-state index in [1.807, 2.05) is 12.3 Å². The first kappa shape index (κ1) is 10.6. The number of piperidine rings is 1. The fraction of sp³-hybridized carbons (Fsp3) is 0.727. The number of nitrogens with two attached hydrogens (primary N) is 2. The third kappa shape index (κ3) is 2.21. The van der Waals surface area contributed by atoms with E-state index < -0.39 is 0 Å². The molecule has 15 heavy (non-hydrogen) atoms. The standard InChI is InChI=1S/C11H20N4/c1-15-6-3-9(4-7-15)11(13)5-2-10(12)14-8-11/h2,8-9H,3-7,12-13H2,1H3. The summed E-state index contributed by atoms with van der Waals surface area (Å²) in [7, 11) is 2.16. The Balaban J connectivity index is 2.02. The van der Waals surface area contributed by atoms with Crippen LogP contribution in [0.15, 0.2) is 16.9 Å². The molecule has 0 amide bonds. The second-order valence-electron chi connectivity index (χ2n) is 4.78. The fourth-order valence-electron chi connectivity index (χ4n) is 2.40. The lowest BCUT2D eigenvalue weighted by Gasteiger charge is -2.40. The quantitative estimate of drug-likeness (QED) is 0.651. The highest BCUT2D eigenvalue weighted by Crippen LogP contribution is 2.29. The van der Waals surface area contributed by atoms with Gasteiger partial charge in [0.15, 0.2) is 0 Å². The monoisotopic (exact) mass is 208 g/mol. The molecule has 2 rings (SSSR count). The van der Waals surface area contributed by atoms with Crippen LogP contribution < -0.4 is 11.5 Å². The summed E-state index contributed by atoms with van der Waals surface area (Å²) in [6.45, 7) is 2.27. The lowest BCUT2D eigenvalue weighted by Crippen LogP contribution is -2.52. The minimum absolute atomic E-state index is 0.260. The molecular weight excluding hydrogens is 188 g/mol. The molecule has 2 aliphatic rings. The Kier molecular flexibility index (Phi) is 2.80. The zero-order chi connectivity index (χ0) is 10.9. The molecule has 0 aromatic heterocycles. The molecule has 4 N–H and O–H groups in total. The second kappa shape index (κ2) is 3.94. The van der Waals surface area contributed by atoms with Gasteiger partial charge in [0, 0.05) is 6.21 Å². The minimum atomic E-state index is -0.260. The van der Waals surface area contributed by atoms with Gasteiger partial charge in [-0.2, -0.15) is 0 Å². The van der Waals surface area contributed by atoms with Crippen molar-refractivity contribution in [1.29, 1.82) is 0 Å². The van der Waals surface area contributed by atoms with Crippen molar-refractivity contribution < 1.29 is 0 Å². The van der Waals surface area contributed by atoms with E-state index in [1.54, 1.807) is 0 Å². The molecule has 0 saturated carbocycles. The molecule has 2 heterocycles. The van der Waals surface area contributed by atoms with Crippen molar-refractivity contribution >= 4 is 6.21 Å². The van der Waals surface area contributed by atoms with Crippen molar-refractivity contribution in [2.24, 2.45) is 22.4 Å². The molecule has 1 fully saturated rings. The van der Waals surface area contributed by atoms with Gasteiger partial charge in [-0.05, 0) is 51.4 Å². The second-order valence-corrected chi connectivity index (χ2v) is 4.78. The summed E-state index contributed by atoms with van der Waals surface area (Å²) >= 11 is 0. The molecule has 4 heteroatoms. The summed E-state index contributed by atoms with van der Waals surface area (Å²) < 4.78 is 0. The van der Waals surface area contributed by atoms with Crippen LogP contribution in [-0.2, 0) is 0 Å². The van der Waals surface area contributed by atoms with Gasteiger partial charge in [0.25, 0.3) is 0 Å². The van der Waals surface area contributed by atoms with E-state index in [2.05, 4.69) is 16.9 Å². The molecule has 1 unspecified atom stereocenters. The maximum Gasteiger partial charge on any atom is 0.118 e. The summed E-state index contributed by atoms with van der Waals surface area (Å²) in [4.78, 5) is 6.50. The summed E-state index contributed by atoms with van der Waals surface area (Å²) in [6, 6.07) is 0. The number of rotatable bonds is 1. The summed E-state index contributed by atoms with van der Waals surface area (Å²) in [6.07, 6.45) is 6.95. The van der Waals surface area contributed by atoms with Gasteiger partial charge >= 0.3 is 0 Å². The molecule has 1 atom stereocenters. The largest absolute Gasteiger partial charge is 0.384 e. The normalized spacial score (nSPS) is 34.1. The predicted molar refractivity (Wildman–Crippen MR) is 62.5 cm³/mol. The minimum Gasteiger partial charge on any atom is -0.384 e. The van der Waals surface area contributed by atoms with Gasteiger partial charge in [-0.3, -0.25) is 0 Å². The van der Waals surface area contributed by atoms with Gasteiger partial charge in [-0.25, -0.2) is 4.99 Å². The van der Waals surface area contributed by atoms with Crippen LogP contribution in [0.3, 0.4) is 0 Å². The van der Waals surface area contributed by atoms with Gasteiger partial charge in [0.2, 0.25) is 0 Å². The van der Waals surface area contributed by atoms with E-state index in [1.165, 1.54) is 0 Å². The van der Waals surface area contributed by atoms with Crippen LogP contribution in [0.2, 0.25) is 0 Å². The van der Waals surface area contributed by atoms with Crippen molar-refractivity contribution in [3.63, 3.8) is 0 Å². The van der Waals surface area contributed by atoms with Crippen molar-refractivity contribution in [3.05, 3.63) is 11.9 Å². The first-order chi connectivity index (χ1) is 7.10. The molecule has 4 nitrogen and oxygen atoms in total. The predicted octanol–water partition coefficient (Wildman–Crippen LogP) is 0.300.